The normalized spacial score (nSPS) is 20.7. The summed E-state index contributed by atoms with van der Waals surface area (Å²) in [5.41, 5.74) is 1.15. The van der Waals surface area contributed by atoms with Crippen LogP contribution in [0.15, 0.2) is 18.2 Å². The highest BCUT2D eigenvalue weighted by molar-refractivity contribution is 5.52. The first-order chi connectivity index (χ1) is 7.80. The van der Waals surface area contributed by atoms with Gasteiger partial charge in [-0.05, 0) is 29.0 Å². The van der Waals surface area contributed by atoms with Crippen molar-refractivity contribution in [2.75, 3.05) is 5.32 Å². The lowest BCUT2D eigenvalue weighted by Crippen LogP contribution is -2.11. The molecule has 90 valence electrons. The lowest BCUT2D eigenvalue weighted by Gasteiger charge is -2.09. The third-order valence-electron chi connectivity index (χ3n) is 4.42. The molecule has 1 fully saturated rings. The maximum Gasteiger partial charge on any atom is 0.147 e. The van der Waals surface area contributed by atoms with Crippen LogP contribution >= 0.6 is 0 Å². The van der Waals surface area contributed by atoms with Crippen LogP contribution in [0.4, 0.5) is 10.1 Å². The highest BCUT2D eigenvalue weighted by Gasteiger charge is 2.65. The minimum absolute atomic E-state index is 0.160. The number of halogens is 1. The van der Waals surface area contributed by atoms with Crippen molar-refractivity contribution in [1.82, 2.24) is 0 Å². The van der Waals surface area contributed by atoms with Crippen molar-refractivity contribution in [3.63, 3.8) is 0 Å². The molecule has 0 aliphatic heterocycles. The number of benzene rings is 1. The summed E-state index contributed by atoms with van der Waals surface area (Å²) in [6.07, 6.45) is 0. The summed E-state index contributed by atoms with van der Waals surface area (Å²) in [5.74, 6) is -0.359. The number of anilines is 1. The molecule has 1 N–H and O–H groups in total. The Balaban J connectivity index is 2.20. The number of nitrogens with zero attached hydrogens (tertiary/aromatic N) is 1. The van der Waals surface area contributed by atoms with Gasteiger partial charge in [-0.15, -0.1) is 0 Å². The van der Waals surface area contributed by atoms with Crippen LogP contribution in [0.5, 0.6) is 0 Å². The highest BCUT2D eigenvalue weighted by atomic mass is 19.1. The predicted molar refractivity (Wildman–Crippen MR) is 66.1 cm³/mol. The predicted octanol–water partition coefficient (Wildman–Crippen LogP) is 3.54. The largest absolute Gasteiger partial charge is 0.379 e. The van der Waals surface area contributed by atoms with Crippen molar-refractivity contribution in [1.29, 1.82) is 5.26 Å². The lowest BCUT2D eigenvalue weighted by molar-refractivity contribution is 0.457. The van der Waals surface area contributed by atoms with Gasteiger partial charge in [0.1, 0.15) is 5.82 Å². The second-order valence-corrected chi connectivity index (χ2v) is 5.83. The maximum absolute atomic E-state index is 13.7. The summed E-state index contributed by atoms with van der Waals surface area (Å²) < 4.78 is 13.7. The lowest BCUT2D eigenvalue weighted by atomic mass is 10.0. The van der Waals surface area contributed by atoms with Crippen LogP contribution in [-0.2, 0) is 0 Å². The average Bonchev–Trinajstić information content (AvgIpc) is 2.63. The van der Waals surface area contributed by atoms with Gasteiger partial charge in [0.2, 0.25) is 0 Å². The molecule has 0 spiro atoms. The van der Waals surface area contributed by atoms with Gasteiger partial charge in [-0.1, -0.05) is 27.7 Å². The summed E-state index contributed by atoms with van der Waals surface area (Å²) in [7, 11) is 0. The van der Waals surface area contributed by atoms with Gasteiger partial charge in [-0.3, -0.25) is 0 Å². The van der Waals surface area contributed by atoms with Crippen molar-refractivity contribution in [3.05, 3.63) is 29.6 Å². The number of hydrogen-bond donors (Lipinski definition) is 1. The van der Waals surface area contributed by atoms with Crippen molar-refractivity contribution in [2.45, 2.75) is 33.7 Å². The molecule has 0 heterocycles. The van der Waals surface area contributed by atoms with Crippen molar-refractivity contribution >= 4 is 5.69 Å². The molecule has 0 atom stereocenters. The highest BCUT2D eigenvalue weighted by Crippen LogP contribution is 2.63. The summed E-state index contributed by atoms with van der Waals surface area (Å²) in [5, 5.41) is 11.9. The smallest absolute Gasteiger partial charge is 0.147 e. The van der Waals surface area contributed by atoms with Crippen molar-refractivity contribution in [2.24, 2.45) is 10.8 Å². The van der Waals surface area contributed by atoms with E-state index in [-0.39, 0.29) is 22.7 Å². The van der Waals surface area contributed by atoms with Crippen LogP contribution in [0.1, 0.15) is 33.3 Å². The number of nitrogens with one attached hydrogen (secondary N) is 1. The van der Waals surface area contributed by atoms with Gasteiger partial charge < -0.3 is 5.32 Å². The zero-order chi connectivity index (χ0) is 12.8. The number of nitriles is 1. The van der Waals surface area contributed by atoms with E-state index in [9.17, 15) is 4.39 Å². The van der Waals surface area contributed by atoms with E-state index in [0.717, 1.165) is 0 Å². The SMILES string of the molecule is CC1(C)C(Nc2ccc(C#N)cc2F)C1(C)C. The van der Waals surface area contributed by atoms with Crippen LogP contribution in [0.2, 0.25) is 0 Å². The fraction of sp³-hybridized carbons (Fsp3) is 0.500. The fourth-order valence-electron chi connectivity index (χ4n) is 2.41. The summed E-state index contributed by atoms with van der Waals surface area (Å²) in [4.78, 5) is 0. The molecule has 3 heteroatoms. The molecule has 1 aliphatic rings. The number of hydrogen-bond acceptors (Lipinski definition) is 2. The van der Waals surface area contributed by atoms with Crippen LogP contribution in [0.25, 0.3) is 0 Å². The van der Waals surface area contributed by atoms with Crippen molar-refractivity contribution in [3.8, 4) is 6.07 Å². The average molecular weight is 232 g/mol. The summed E-state index contributed by atoms with van der Waals surface area (Å²) in [6, 6.07) is 6.73. The molecular formula is C14H17FN2. The first-order valence-electron chi connectivity index (χ1n) is 5.77. The Labute approximate surface area is 101 Å². The van der Waals surface area contributed by atoms with E-state index in [1.165, 1.54) is 6.07 Å². The van der Waals surface area contributed by atoms with Crippen molar-refractivity contribution < 1.29 is 4.39 Å². The third kappa shape index (κ3) is 1.68. The van der Waals surface area contributed by atoms with Gasteiger partial charge >= 0.3 is 0 Å². The van der Waals surface area contributed by atoms with Gasteiger partial charge in [0.15, 0.2) is 0 Å². The first-order valence-corrected chi connectivity index (χ1v) is 5.77. The molecule has 1 saturated carbocycles. The van der Waals surface area contributed by atoms with Crippen LogP contribution in [0.3, 0.4) is 0 Å². The molecule has 0 radical (unpaired) electrons. The third-order valence-corrected chi connectivity index (χ3v) is 4.42. The Morgan fingerprint density at radius 1 is 1.24 bits per heavy atom. The molecule has 17 heavy (non-hydrogen) atoms. The molecule has 1 aromatic carbocycles. The molecule has 0 bridgehead atoms. The fourth-order valence-corrected chi connectivity index (χ4v) is 2.41. The minimum atomic E-state index is -0.359. The zero-order valence-corrected chi connectivity index (χ0v) is 10.6. The molecule has 0 unspecified atom stereocenters. The van der Waals surface area contributed by atoms with Crippen LogP contribution in [0, 0.1) is 28.0 Å². The Morgan fingerprint density at radius 3 is 2.24 bits per heavy atom. The Bertz CT molecular complexity index is 483. The van der Waals surface area contributed by atoms with Gasteiger partial charge in [-0.25, -0.2) is 4.39 Å². The topological polar surface area (TPSA) is 35.8 Å². The second-order valence-electron chi connectivity index (χ2n) is 5.83. The van der Waals surface area contributed by atoms with E-state index < -0.39 is 0 Å². The molecule has 0 amide bonds. The number of rotatable bonds is 2. The van der Waals surface area contributed by atoms with E-state index in [1.54, 1.807) is 12.1 Å². The van der Waals surface area contributed by atoms with Crippen LogP contribution < -0.4 is 5.32 Å². The van der Waals surface area contributed by atoms with E-state index >= 15 is 0 Å². The van der Waals surface area contributed by atoms with Gasteiger partial charge in [0.25, 0.3) is 0 Å². The maximum atomic E-state index is 13.7. The first kappa shape index (κ1) is 11.9. The quantitative estimate of drug-likeness (QED) is 0.846. The van der Waals surface area contributed by atoms with E-state index in [1.807, 2.05) is 6.07 Å². The molecule has 2 rings (SSSR count). The molecule has 0 aromatic heterocycles. The molecule has 0 saturated heterocycles. The zero-order valence-electron chi connectivity index (χ0n) is 10.6. The molecule has 1 aliphatic carbocycles. The van der Waals surface area contributed by atoms with E-state index in [2.05, 4.69) is 33.0 Å². The van der Waals surface area contributed by atoms with Gasteiger partial charge in [-0.2, -0.15) is 5.26 Å². The Hall–Kier alpha value is -1.56. The van der Waals surface area contributed by atoms with Crippen LogP contribution in [-0.4, -0.2) is 6.04 Å². The Morgan fingerprint density at radius 2 is 1.82 bits per heavy atom. The van der Waals surface area contributed by atoms with E-state index in [0.29, 0.717) is 11.3 Å². The summed E-state index contributed by atoms with van der Waals surface area (Å²) >= 11 is 0. The second kappa shape index (κ2) is 3.46. The van der Waals surface area contributed by atoms with E-state index in [4.69, 9.17) is 5.26 Å². The minimum Gasteiger partial charge on any atom is -0.379 e. The molecule has 1 aromatic rings. The standard InChI is InChI=1S/C14H17FN2/c1-13(2)12(14(13,3)4)17-11-6-5-9(8-16)7-10(11)15/h5-7,12,17H,1-4H3. The monoisotopic (exact) mass is 232 g/mol. The molecular weight excluding hydrogens is 215 g/mol. The van der Waals surface area contributed by atoms with Gasteiger partial charge in [0.05, 0.1) is 17.3 Å². The Kier molecular flexibility index (Phi) is 2.43. The summed E-state index contributed by atoms with van der Waals surface area (Å²) in [6.45, 7) is 8.69. The van der Waals surface area contributed by atoms with Gasteiger partial charge in [0, 0.05) is 6.04 Å². The molecule has 2 nitrogen and oxygen atoms in total.